The topological polar surface area (TPSA) is 15.7 Å². The lowest BCUT2D eigenvalue weighted by molar-refractivity contribution is -0.255. The summed E-state index contributed by atoms with van der Waals surface area (Å²) < 4.78 is 6.00. The molecule has 0 bridgehead atoms. The molecule has 13 heavy (non-hydrogen) atoms. The summed E-state index contributed by atoms with van der Waals surface area (Å²) >= 11 is 0. The van der Waals surface area contributed by atoms with Gasteiger partial charge in [0.1, 0.15) is 0 Å². The first-order valence-electron chi connectivity index (χ1n) is 4.64. The highest BCUT2D eigenvalue weighted by molar-refractivity contribution is 4.73. The SMILES string of the molecule is CN(C)C(C)(OC(C)(C)C)N(C)C. The normalized spacial score (nSPS) is 14.3. The smallest absolute Gasteiger partial charge is 0.176 e. The molecule has 0 saturated heterocycles. The second-order valence-electron chi connectivity index (χ2n) is 4.94. The van der Waals surface area contributed by atoms with E-state index >= 15 is 0 Å². The third-order valence-corrected chi connectivity index (χ3v) is 2.16. The molecule has 0 aromatic carbocycles. The first kappa shape index (κ1) is 12.9. The van der Waals surface area contributed by atoms with E-state index < -0.39 is 0 Å². The van der Waals surface area contributed by atoms with Crippen LogP contribution in [-0.2, 0) is 4.74 Å². The fourth-order valence-corrected chi connectivity index (χ4v) is 1.16. The van der Waals surface area contributed by atoms with Crippen molar-refractivity contribution >= 4 is 0 Å². The minimum absolute atomic E-state index is 0.136. The molecule has 0 aliphatic rings. The molecule has 0 aromatic heterocycles. The average Bonchev–Trinajstić information content (AvgIpc) is 1.82. The summed E-state index contributed by atoms with van der Waals surface area (Å²) in [5.74, 6) is -0.349. The van der Waals surface area contributed by atoms with Crippen LogP contribution in [0.4, 0.5) is 0 Å². The molecule has 0 rings (SSSR count). The minimum atomic E-state index is -0.349. The Morgan fingerprint density at radius 2 is 1.08 bits per heavy atom. The van der Waals surface area contributed by atoms with E-state index in [1.54, 1.807) is 0 Å². The molecule has 0 radical (unpaired) electrons. The molecule has 80 valence electrons. The van der Waals surface area contributed by atoms with Gasteiger partial charge in [-0.1, -0.05) is 0 Å². The molecule has 3 nitrogen and oxygen atoms in total. The van der Waals surface area contributed by atoms with Crippen LogP contribution in [0, 0.1) is 0 Å². The highest BCUT2D eigenvalue weighted by Crippen LogP contribution is 2.23. The van der Waals surface area contributed by atoms with E-state index in [0.717, 1.165) is 0 Å². The van der Waals surface area contributed by atoms with E-state index in [1.165, 1.54) is 0 Å². The zero-order valence-corrected chi connectivity index (χ0v) is 10.3. The number of hydrogen-bond donors (Lipinski definition) is 0. The van der Waals surface area contributed by atoms with Gasteiger partial charge in [-0.25, -0.2) is 0 Å². The molecule has 0 saturated carbocycles. The van der Waals surface area contributed by atoms with Crippen LogP contribution in [-0.4, -0.2) is 49.4 Å². The Morgan fingerprint density at radius 3 is 1.15 bits per heavy atom. The number of hydrogen-bond acceptors (Lipinski definition) is 3. The van der Waals surface area contributed by atoms with E-state index in [9.17, 15) is 0 Å². The summed E-state index contributed by atoms with van der Waals surface area (Å²) in [4.78, 5) is 4.14. The van der Waals surface area contributed by atoms with Gasteiger partial charge in [-0.2, -0.15) is 0 Å². The van der Waals surface area contributed by atoms with E-state index in [2.05, 4.69) is 37.5 Å². The summed E-state index contributed by atoms with van der Waals surface area (Å²) in [7, 11) is 8.08. The Hall–Kier alpha value is -0.120. The highest BCUT2D eigenvalue weighted by atomic mass is 16.6. The lowest BCUT2D eigenvalue weighted by Gasteiger charge is -2.45. The standard InChI is InChI=1S/C10H24N2O/c1-9(2,3)13-10(4,11(5)6)12(7)8/h1-8H3. The van der Waals surface area contributed by atoms with Crippen molar-refractivity contribution < 1.29 is 4.74 Å². The maximum absolute atomic E-state index is 6.00. The van der Waals surface area contributed by atoms with Gasteiger partial charge in [0, 0.05) is 0 Å². The number of nitrogens with zero attached hydrogens (tertiary/aromatic N) is 2. The number of rotatable bonds is 3. The second-order valence-corrected chi connectivity index (χ2v) is 4.94. The van der Waals surface area contributed by atoms with Crippen molar-refractivity contribution in [3.63, 3.8) is 0 Å². The van der Waals surface area contributed by atoms with Gasteiger partial charge in [0.25, 0.3) is 0 Å². The quantitative estimate of drug-likeness (QED) is 0.626. The van der Waals surface area contributed by atoms with Crippen molar-refractivity contribution in [2.45, 2.75) is 39.1 Å². The van der Waals surface area contributed by atoms with Gasteiger partial charge in [0.05, 0.1) is 5.60 Å². The minimum Gasteiger partial charge on any atom is -0.341 e. The Bertz CT molecular complexity index is 151. The summed E-state index contributed by atoms with van der Waals surface area (Å²) in [6.07, 6.45) is 0. The largest absolute Gasteiger partial charge is 0.341 e. The molecule has 0 heterocycles. The molecule has 0 amide bonds. The van der Waals surface area contributed by atoms with Crippen LogP contribution in [0.3, 0.4) is 0 Å². The van der Waals surface area contributed by atoms with Crippen LogP contribution in [0.5, 0.6) is 0 Å². The molecule has 0 aromatic rings. The van der Waals surface area contributed by atoms with E-state index in [1.807, 2.05) is 28.2 Å². The zero-order chi connectivity index (χ0) is 10.9. The first-order chi connectivity index (χ1) is 5.59. The molecular weight excluding hydrogens is 164 g/mol. The maximum Gasteiger partial charge on any atom is 0.176 e. The van der Waals surface area contributed by atoms with Crippen molar-refractivity contribution in [3.8, 4) is 0 Å². The fourth-order valence-electron chi connectivity index (χ4n) is 1.16. The monoisotopic (exact) mass is 188 g/mol. The molecule has 0 aliphatic carbocycles. The van der Waals surface area contributed by atoms with Crippen LogP contribution in [0.25, 0.3) is 0 Å². The van der Waals surface area contributed by atoms with Crippen LogP contribution in [0.2, 0.25) is 0 Å². The lowest BCUT2D eigenvalue weighted by Crippen LogP contribution is -2.57. The molecule has 0 spiro atoms. The summed E-state index contributed by atoms with van der Waals surface area (Å²) in [6.45, 7) is 8.27. The van der Waals surface area contributed by atoms with Crippen molar-refractivity contribution in [2.75, 3.05) is 28.2 Å². The van der Waals surface area contributed by atoms with E-state index in [-0.39, 0.29) is 11.4 Å². The van der Waals surface area contributed by atoms with Gasteiger partial charge in [-0.3, -0.25) is 9.80 Å². The predicted octanol–water partition coefficient (Wildman–Crippen LogP) is 1.60. The van der Waals surface area contributed by atoms with Crippen LogP contribution in [0.1, 0.15) is 27.7 Å². The first-order valence-corrected chi connectivity index (χ1v) is 4.64. The van der Waals surface area contributed by atoms with Gasteiger partial charge in [-0.15, -0.1) is 0 Å². The van der Waals surface area contributed by atoms with Crippen LogP contribution < -0.4 is 0 Å². The van der Waals surface area contributed by atoms with Gasteiger partial charge in [0.2, 0.25) is 0 Å². The zero-order valence-electron chi connectivity index (χ0n) is 10.3. The molecule has 0 unspecified atom stereocenters. The Balaban J connectivity index is 4.62. The van der Waals surface area contributed by atoms with E-state index in [4.69, 9.17) is 4.74 Å². The maximum atomic E-state index is 6.00. The van der Waals surface area contributed by atoms with Crippen LogP contribution in [0.15, 0.2) is 0 Å². The average molecular weight is 188 g/mol. The summed E-state index contributed by atoms with van der Waals surface area (Å²) in [5.41, 5.74) is -0.136. The van der Waals surface area contributed by atoms with Crippen molar-refractivity contribution in [1.29, 1.82) is 0 Å². The molecular formula is C10H24N2O. The number of ether oxygens (including phenoxy) is 1. The predicted molar refractivity (Wildman–Crippen MR) is 56.6 cm³/mol. The van der Waals surface area contributed by atoms with Crippen LogP contribution >= 0.6 is 0 Å². The van der Waals surface area contributed by atoms with E-state index in [0.29, 0.717) is 0 Å². The highest BCUT2D eigenvalue weighted by Gasteiger charge is 2.34. The molecule has 0 aliphatic heterocycles. The summed E-state index contributed by atoms with van der Waals surface area (Å²) in [6, 6.07) is 0. The van der Waals surface area contributed by atoms with Gasteiger partial charge < -0.3 is 4.74 Å². The molecule has 0 N–H and O–H groups in total. The van der Waals surface area contributed by atoms with Gasteiger partial charge in [-0.05, 0) is 55.9 Å². The van der Waals surface area contributed by atoms with Crippen molar-refractivity contribution in [3.05, 3.63) is 0 Å². The van der Waals surface area contributed by atoms with Gasteiger partial charge >= 0.3 is 0 Å². The lowest BCUT2D eigenvalue weighted by atomic mass is 10.2. The third kappa shape index (κ3) is 3.63. The van der Waals surface area contributed by atoms with Crippen molar-refractivity contribution in [1.82, 2.24) is 9.80 Å². The fraction of sp³-hybridized carbons (Fsp3) is 1.00. The summed E-state index contributed by atoms with van der Waals surface area (Å²) in [5, 5.41) is 0. The molecule has 0 atom stereocenters. The molecule has 0 fully saturated rings. The second kappa shape index (κ2) is 3.95. The van der Waals surface area contributed by atoms with Gasteiger partial charge in [0.15, 0.2) is 5.85 Å². The molecule has 3 heteroatoms. The Kier molecular flexibility index (Phi) is 3.91. The Labute approximate surface area is 82.7 Å². The third-order valence-electron chi connectivity index (χ3n) is 2.16. The van der Waals surface area contributed by atoms with Crippen molar-refractivity contribution in [2.24, 2.45) is 0 Å². The Morgan fingerprint density at radius 1 is 0.769 bits per heavy atom.